The average Bonchev–Trinajstić information content (AvgIpc) is 2.78. The molecule has 1 atom stereocenters. The summed E-state index contributed by atoms with van der Waals surface area (Å²) in [7, 11) is 2.21. The van der Waals surface area contributed by atoms with Crippen molar-refractivity contribution in [3.05, 3.63) is 16.1 Å². The standard InChI is InChI=1S/C15H28N4S/c1-12-9-19(7-6-18(12)5)10-13-11-20-14(17-13)8-16-15(2,3)4/h11-12,16H,6-10H2,1-5H3. The molecule has 0 bridgehead atoms. The number of piperazine rings is 1. The van der Waals surface area contributed by atoms with Gasteiger partial charge in [-0.2, -0.15) is 0 Å². The molecule has 0 aromatic carbocycles. The molecular weight excluding hydrogens is 268 g/mol. The van der Waals surface area contributed by atoms with Crippen LogP contribution in [0, 0.1) is 0 Å². The highest BCUT2D eigenvalue weighted by atomic mass is 32.1. The van der Waals surface area contributed by atoms with Gasteiger partial charge in [0.25, 0.3) is 0 Å². The summed E-state index contributed by atoms with van der Waals surface area (Å²) in [5, 5.41) is 6.90. The molecule has 1 fully saturated rings. The predicted molar refractivity (Wildman–Crippen MR) is 86.1 cm³/mol. The Bertz CT molecular complexity index is 424. The third-order valence-corrected chi connectivity index (χ3v) is 4.70. The molecular formula is C15H28N4S. The number of rotatable bonds is 4. The number of nitrogens with one attached hydrogen (secondary N) is 1. The maximum atomic E-state index is 4.75. The number of likely N-dealkylation sites (N-methyl/N-ethyl adjacent to an activating group) is 1. The highest BCUT2D eigenvalue weighted by molar-refractivity contribution is 7.09. The third-order valence-electron chi connectivity index (χ3n) is 3.80. The van der Waals surface area contributed by atoms with Gasteiger partial charge in [-0.15, -0.1) is 11.3 Å². The maximum absolute atomic E-state index is 4.75. The average molecular weight is 296 g/mol. The Morgan fingerprint density at radius 3 is 2.80 bits per heavy atom. The van der Waals surface area contributed by atoms with Crippen LogP contribution in [0.4, 0.5) is 0 Å². The fourth-order valence-corrected chi connectivity index (χ4v) is 3.06. The van der Waals surface area contributed by atoms with E-state index in [1.165, 1.54) is 10.7 Å². The van der Waals surface area contributed by atoms with Gasteiger partial charge >= 0.3 is 0 Å². The molecule has 0 aliphatic carbocycles. The number of hydrogen-bond donors (Lipinski definition) is 1. The zero-order chi connectivity index (χ0) is 14.8. The van der Waals surface area contributed by atoms with Crippen molar-refractivity contribution in [2.45, 2.75) is 52.4 Å². The topological polar surface area (TPSA) is 31.4 Å². The Hall–Kier alpha value is -0.490. The smallest absolute Gasteiger partial charge is 0.107 e. The number of hydrogen-bond acceptors (Lipinski definition) is 5. The van der Waals surface area contributed by atoms with E-state index in [9.17, 15) is 0 Å². The Morgan fingerprint density at radius 2 is 2.15 bits per heavy atom. The first kappa shape index (κ1) is 15.9. The fourth-order valence-electron chi connectivity index (χ4n) is 2.34. The first-order valence-corrected chi connectivity index (χ1v) is 8.32. The van der Waals surface area contributed by atoms with Crippen LogP contribution in [0.3, 0.4) is 0 Å². The van der Waals surface area contributed by atoms with E-state index < -0.39 is 0 Å². The summed E-state index contributed by atoms with van der Waals surface area (Å²) < 4.78 is 0. The van der Waals surface area contributed by atoms with Crippen molar-refractivity contribution in [2.75, 3.05) is 26.7 Å². The van der Waals surface area contributed by atoms with Gasteiger partial charge in [-0.1, -0.05) is 0 Å². The summed E-state index contributed by atoms with van der Waals surface area (Å²) in [6.45, 7) is 14.2. The van der Waals surface area contributed by atoms with Gasteiger partial charge < -0.3 is 10.2 Å². The van der Waals surface area contributed by atoms with Crippen LogP contribution in [0.1, 0.15) is 38.4 Å². The lowest BCUT2D eigenvalue weighted by molar-refractivity contribution is 0.0991. The lowest BCUT2D eigenvalue weighted by atomic mass is 10.1. The van der Waals surface area contributed by atoms with Crippen molar-refractivity contribution < 1.29 is 0 Å². The summed E-state index contributed by atoms with van der Waals surface area (Å²) >= 11 is 1.77. The Labute approximate surface area is 127 Å². The van der Waals surface area contributed by atoms with Crippen molar-refractivity contribution in [1.82, 2.24) is 20.1 Å². The molecule has 20 heavy (non-hydrogen) atoms. The van der Waals surface area contributed by atoms with Crippen molar-refractivity contribution in [2.24, 2.45) is 0 Å². The number of nitrogens with zero attached hydrogens (tertiary/aromatic N) is 3. The van der Waals surface area contributed by atoms with Gasteiger partial charge in [-0.05, 0) is 34.7 Å². The molecule has 1 unspecified atom stereocenters. The molecule has 0 spiro atoms. The molecule has 1 N–H and O–H groups in total. The summed E-state index contributed by atoms with van der Waals surface area (Å²) in [6.07, 6.45) is 0. The highest BCUT2D eigenvalue weighted by Crippen LogP contribution is 2.15. The lowest BCUT2D eigenvalue weighted by Crippen LogP contribution is -2.49. The van der Waals surface area contributed by atoms with Crippen molar-refractivity contribution in [1.29, 1.82) is 0 Å². The first-order chi connectivity index (χ1) is 9.33. The van der Waals surface area contributed by atoms with Gasteiger partial charge in [-0.25, -0.2) is 4.98 Å². The zero-order valence-corrected chi connectivity index (χ0v) is 14.3. The minimum absolute atomic E-state index is 0.152. The normalized spacial score (nSPS) is 22.4. The van der Waals surface area contributed by atoms with Crippen LogP contribution in [0.2, 0.25) is 0 Å². The van der Waals surface area contributed by atoms with Gasteiger partial charge in [-0.3, -0.25) is 4.90 Å². The second kappa shape index (κ2) is 6.52. The van der Waals surface area contributed by atoms with Crippen LogP contribution < -0.4 is 5.32 Å². The SMILES string of the molecule is CC1CN(Cc2csc(CNC(C)(C)C)n2)CCN1C. The first-order valence-electron chi connectivity index (χ1n) is 7.44. The molecule has 114 valence electrons. The number of aromatic nitrogens is 1. The maximum Gasteiger partial charge on any atom is 0.107 e. The molecule has 1 aliphatic rings. The van der Waals surface area contributed by atoms with E-state index in [2.05, 4.69) is 55.2 Å². The molecule has 1 saturated heterocycles. The predicted octanol–water partition coefficient (Wildman–Crippen LogP) is 2.17. The Balaban J connectivity index is 1.84. The lowest BCUT2D eigenvalue weighted by Gasteiger charge is -2.37. The van der Waals surface area contributed by atoms with E-state index in [0.717, 1.165) is 32.7 Å². The minimum atomic E-state index is 0.152. The van der Waals surface area contributed by atoms with E-state index in [1.54, 1.807) is 11.3 Å². The second-order valence-electron chi connectivity index (χ2n) is 6.90. The highest BCUT2D eigenvalue weighted by Gasteiger charge is 2.21. The molecule has 1 aromatic heterocycles. The quantitative estimate of drug-likeness (QED) is 0.923. The van der Waals surface area contributed by atoms with Crippen molar-refractivity contribution in [3.63, 3.8) is 0 Å². The van der Waals surface area contributed by atoms with E-state index in [0.29, 0.717) is 6.04 Å². The molecule has 4 nitrogen and oxygen atoms in total. The fraction of sp³-hybridized carbons (Fsp3) is 0.800. The van der Waals surface area contributed by atoms with Gasteiger partial charge in [0, 0.05) is 49.7 Å². The Kier molecular flexibility index (Phi) is 5.18. The second-order valence-corrected chi connectivity index (χ2v) is 7.84. The van der Waals surface area contributed by atoms with E-state index in [4.69, 9.17) is 4.98 Å². The summed E-state index contributed by atoms with van der Waals surface area (Å²) in [4.78, 5) is 9.69. The van der Waals surface area contributed by atoms with Gasteiger partial charge in [0.15, 0.2) is 0 Å². The minimum Gasteiger partial charge on any atom is -0.306 e. The molecule has 2 heterocycles. The largest absolute Gasteiger partial charge is 0.306 e. The van der Waals surface area contributed by atoms with Crippen LogP contribution in [0.25, 0.3) is 0 Å². The third kappa shape index (κ3) is 4.81. The molecule has 0 amide bonds. The van der Waals surface area contributed by atoms with E-state index >= 15 is 0 Å². The van der Waals surface area contributed by atoms with Crippen LogP contribution >= 0.6 is 11.3 Å². The zero-order valence-electron chi connectivity index (χ0n) is 13.4. The van der Waals surface area contributed by atoms with E-state index in [-0.39, 0.29) is 5.54 Å². The van der Waals surface area contributed by atoms with Gasteiger partial charge in [0.2, 0.25) is 0 Å². The summed E-state index contributed by atoms with van der Waals surface area (Å²) in [5.74, 6) is 0. The molecule has 2 rings (SSSR count). The van der Waals surface area contributed by atoms with Crippen LogP contribution in [-0.2, 0) is 13.1 Å². The molecule has 0 radical (unpaired) electrons. The Morgan fingerprint density at radius 1 is 1.40 bits per heavy atom. The van der Waals surface area contributed by atoms with Crippen molar-refractivity contribution >= 4 is 11.3 Å². The van der Waals surface area contributed by atoms with Crippen LogP contribution in [0.15, 0.2) is 5.38 Å². The van der Waals surface area contributed by atoms with Crippen molar-refractivity contribution in [3.8, 4) is 0 Å². The molecule has 0 saturated carbocycles. The van der Waals surface area contributed by atoms with Crippen LogP contribution in [-0.4, -0.2) is 53.0 Å². The summed E-state index contributed by atoms with van der Waals surface area (Å²) in [6, 6.07) is 0.643. The molecule has 1 aliphatic heterocycles. The van der Waals surface area contributed by atoms with Crippen LogP contribution in [0.5, 0.6) is 0 Å². The van der Waals surface area contributed by atoms with E-state index in [1.807, 2.05) is 0 Å². The van der Waals surface area contributed by atoms with Gasteiger partial charge in [0.05, 0.1) is 5.69 Å². The van der Waals surface area contributed by atoms with Gasteiger partial charge in [0.1, 0.15) is 5.01 Å². The monoisotopic (exact) mass is 296 g/mol. The molecule has 5 heteroatoms. The summed E-state index contributed by atoms with van der Waals surface area (Å²) in [5.41, 5.74) is 1.37. The number of thiazole rings is 1. The molecule has 1 aromatic rings.